The van der Waals surface area contributed by atoms with Crippen molar-refractivity contribution in [2.24, 2.45) is 0 Å². The molecule has 0 aliphatic rings. The van der Waals surface area contributed by atoms with E-state index in [9.17, 15) is 0 Å². The molecule has 0 radical (unpaired) electrons. The van der Waals surface area contributed by atoms with Gasteiger partial charge in [-0.05, 0) is 57.0 Å². The third-order valence-corrected chi connectivity index (χ3v) is 3.24. The number of ether oxygens (including phenoxy) is 1. The van der Waals surface area contributed by atoms with Crippen LogP contribution in [0.5, 0.6) is 5.75 Å². The van der Waals surface area contributed by atoms with Gasteiger partial charge in [0.25, 0.3) is 0 Å². The summed E-state index contributed by atoms with van der Waals surface area (Å²) < 4.78 is 5.75. The molecule has 0 saturated heterocycles. The van der Waals surface area contributed by atoms with Gasteiger partial charge in [0, 0.05) is 5.54 Å². The van der Waals surface area contributed by atoms with Crippen molar-refractivity contribution < 1.29 is 4.74 Å². The van der Waals surface area contributed by atoms with Gasteiger partial charge in [-0.15, -0.1) is 0 Å². The number of rotatable bonds is 6. The Hall–Kier alpha value is -1.80. The lowest BCUT2D eigenvalue weighted by Gasteiger charge is -2.20. The average molecular weight is 283 g/mol. The highest BCUT2D eigenvalue weighted by Crippen LogP contribution is 2.12. The van der Waals surface area contributed by atoms with Crippen LogP contribution in [-0.2, 0) is 13.0 Å². The summed E-state index contributed by atoms with van der Waals surface area (Å²) in [7, 11) is 0. The fourth-order valence-corrected chi connectivity index (χ4v) is 2.07. The number of para-hydroxylation sites is 1. The van der Waals surface area contributed by atoms with Crippen LogP contribution in [-0.4, -0.2) is 12.1 Å². The van der Waals surface area contributed by atoms with Crippen molar-refractivity contribution >= 4 is 0 Å². The van der Waals surface area contributed by atoms with Gasteiger partial charge in [-0.25, -0.2) is 0 Å². The molecule has 1 N–H and O–H groups in total. The zero-order chi connectivity index (χ0) is 15.1. The molecule has 2 heteroatoms. The van der Waals surface area contributed by atoms with Crippen LogP contribution < -0.4 is 10.1 Å². The van der Waals surface area contributed by atoms with E-state index in [4.69, 9.17) is 4.74 Å². The fourth-order valence-electron chi connectivity index (χ4n) is 2.07. The van der Waals surface area contributed by atoms with E-state index in [2.05, 4.69) is 50.4 Å². The van der Waals surface area contributed by atoms with Gasteiger partial charge < -0.3 is 10.1 Å². The van der Waals surface area contributed by atoms with Gasteiger partial charge >= 0.3 is 0 Å². The molecule has 2 rings (SSSR count). The molecule has 0 fully saturated rings. The Kier molecular flexibility index (Phi) is 5.40. The van der Waals surface area contributed by atoms with Crippen molar-refractivity contribution in [2.45, 2.75) is 39.3 Å². The lowest BCUT2D eigenvalue weighted by Crippen LogP contribution is -2.37. The molecule has 2 aromatic rings. The van der Waals surface area contributed by atoms with Crippen LogP contribution in [0.25, 0.3) is 0 Å². The molecule has 2 nitrogen and oxygen atoms in total. The molecule has 0 aliphatic carbocycles. The standard InChI is InChI=1S/C19H25NO/c1-19(2,3)20-14-13-16-9-11-17(12-10-16)15-21-18-7-5-4-6-8-18/h4-12,20H,13-15H2,1-3H3. The molecule has 0 amide bonds. The van der Waals surface area contributed by atoms with Gasteiger partial charge in [0.2, 0.25) is 0 Å². The minimum atomic E-state index is 0.184. The summed E-state index contributed by atoms with van der Waals surface area (Å²) in [5.41, 5.74) is 2.74. The summed E-state index contributed by atoms with van der Waals surface area (Å²) in [4.78, 5) is 0. The lowest BCUT2D eigenvalue weighted by atomic mass is 10.1. The van der Waals surface area contributed by atoms with Crippen LogP contribution in [0.1, 0.15) is 31.9 Å². The van der Waals surface area contributed by atoms with E-state index in [1.165, 1.54) is 11.1 Å². The monoisotopic (exact) mass is 283 g/mol. The predicted octanol–water partition coefficient (Wildman–Crippen LogP) is 4.20. The van der Waals surface area contributed by atoms with Crippen LogP contribution in [0.4, 0.5) is 0 Å². The maximum atomic E-state index is 5.75. The molecular weight excluding hydrogens is 258 g/mol. The summed E-state index contributed by atoms with van der Waals surface area (Å²) in [6.07, 6.45) is 1.05. The molecule has 0 aliphatic heterocycles. The third-order valence-electron chi connectivity index (χ3n) is 3.24. The molecule has 2 aromatic carbocycles. The summed E-state index contributed by atoms with van der Waals surface area (Å²) in [5.74, 6) is 0.913. The predicted molar refractivity (Wildman–Crippen MR) is 88.7 cm³/mol. The molecule has 0 saturated carbocycles. The van der Waals surface area contributed by atoms with Crippen LogP contribution >= 0.6 is 0 Å². The van der Waals surface area contributed by atoms with Crippen LogP contribution in [0, 0.1) is 0 Å². The van der Waals surface area contributed by atoms with Crippen molar-refractivity contribution in [3.05, 3.63) is 65.7 Å². The summed E-state index contributed by atoms with van der Waals surface area (Å²) in [5, 5.41) is 3.51. The molecule has 0 heterocycles. The largest absolute Gasteiger partial charge is 0.489 e. The molecule has 0 bridgehead atoms. The quantitative estimate of drug-likeness (QED) is 0.858. The van der Waals surface area contributed by atoms with Gasteiger partial charge in [0.15, 0.2) is 0 Å². The van der Waals surface area contributed by atoms with Gasteiger partial charge in [0.1, 0.15) is 12.4 Å². The molecule has 21 heavy (non-hydrogen) atoms. The van der Waals surface area contributed by atoms with Gasteiger partial charge in [-0.2, -0.15) is 0 Å². The molecule has 0 spiro atoms. The Morgan fingerprint density at radius 2 is 1.48 bits per heavy atom. The second-order valence-corrected chi connectivity index (χ2v) is 6.35. The molecule has 0 aromatic heterocycles. The lowest BCUT2D eigenvalue weighted by molar-refractivity contribution is 0.306. The first-order valence-corrected chi connectivity index (χ1v) is 7.54. The zero-order valence-corrected chi connectivity index (χ0v) is 13.2. The maximum absolute atomic E-state index is 5.75. The van der Waals surface area contributed by atoms with Crippen molar-refractivity contribution in [1.29, 1.82) is 0 Å². The van der Waals surface area contributed by atoms with E-state index in [-0.39, 0.29) is 5.54 Å². The van der Waals surface area contributed by atoms with E-state index in [1.54, 1.807) is 0 Å². The van der Waals surface area contributed by atoms with E-state index >= 15 is 0 Å². The number of hydrogen-bond acceptors (Lipinski definition) is 2. The highest BCUT2D eigenvalue weighted by molar-refractivity contribution is 5.24. The van der Waals surface area contributed by atoms with Crippen molar-refractivity contribution in [3.8, 4) is 5.75 Å². The zero-order valence-electron chi connectivity index (χ0n) is 13.2. The second-order valence-electron chi connectivity index (χ2n) is 6.35. The number of hydrogen-bond donors (Lipinski definition) is 1. The van der Waals surface area contributed by atoms with Gasteiger partial charge in [0.05, 0.1) is 0 Å². The Balaban J connectivity index is 1.79. The van der Waals surface area contributed by atoms with Crippen molar-refractivity contribution in [3.63, 3.8) is 0 Å². The smallest absolute Gasteiger partial charge is 0.119 e. The highest BCUT2D eigenvalue weighted by Gasteiger charge is 2.07. The first kappa shape index (κ1) is 15.6. The van der Waals surface area contributed by atoms with Crippen molar-refractivity contribution in [1.82, 2.24) is 5.32 Å². The Morgan fingerprint density at radius 1 is 0.857 bits per heavy atom. The average Bonchev–Trinajstić information content (AvgIpc) is 2.46. The topological polar surface area (TPSA) is 21.3 Å². The molecule has 112 valence electrons. The Labute approximate surface area is 128 Å². The highest BCUT2D eigenvalue weighted by atomic mass is 16.5. The SMILES string of the molecule is CC(C)(C)NCCc1ccc(COc2ccccc2)cc1. The van der Waals surface area contributed by atoms with Crippen LogP contribution in [0.15, 0.2) is 54.6 Å². The van der Waals surface area contributed by atoms with E-state index in [0.29, 0.717) is 6.61 Å². The van der Waals surface area contributed by atoms with Crippen LogP contribution in [0.3, 0.4) is 0 Å². The molecular formula is C19H25NO. The summed E-state index contributed by atoms with van der Waals surface area (Å²) in [6, 6.07) is 18.6. The number of nitrogens with one attached hydrogen (secondary N) is 1. The summed E-state index contributed by atoms with van der Waals surface area (Å²) >= 11 is 0. The first-order chi connectivity index (χ1) is 10.0. The Bertz CT molecular complexity index is 526. The molecule has 0 unspecified atom stereocenters. The van der Waals surface area contributed by atoms with Crippen LogP contribution in [0.2, 0.25) is 0 Å². The Morgan fingerprint density at radius 3 is 2.10 bits per heavy atom. The van der Waals surface area contributed by atoms with E-state index < -0.39 is 0 Å². The third kappa shape index (κ3) is 6.01. The minimum absolute atomic E-state index is 0.184. The fraction of sp³-hybridized carbons (Fsp3) is 0.368. The normalized spacial score (nSPS) is 11.4. The number of benzene rings is 2. The van der Waals surface area contributed by atoms with Gasteiger partial charge in [-0.3, -0.25) is 0 Å². The minimum Gasteiger partial charge on any atom is -0.489 e. The van der Waals surface area contributed by atoms with E-state index in [0.717, 1.165) is 18.7 Å². The first-order valence-electron chi connectivity index (χ1n) is 7.54. The summed E-state index contributed by atoms with van der Waals surface area (Å²) in [6.45, 7) is 8.19. The van der Waals surface area contributed by atoms with Gasteiger partial charge in [-0.1, -0.05) is 42.5 Å². The molecule has 0 atom stereocenters. The maximum Gasteiger partial charge on any atom is 0.119 e. The second kappa shape index (κ2) is 7.28. The van der Waals surface area contributed by atoms with Crippen molar-refractivity contribution in [2.75, 3.05) is 6.54 Å². The van der Waals surface area contributed by atoms with E-state index in [1.807, 2.05) is 30.3 Å².